The second kappa shape index (κ2) is 7.27. The Hall–Kier alpha value is -2.08. The summed E-state index contributed by atoms with van der Waals surface area (Å²) < 4.78 is 10.6. The van der Waals surface area contributed by atoms with Gasteiger partial charge in [-0.05, 0) is 55.2 Å². The van der Waals surface area contributed by atoms with E-state index in [-0.39, 0.29) is 5.91 Å². The van der Waals surface area contributed by atoms with Gasteiger partial charge in [-0.2, -0.15) is 0 Å². The van der Waals surface area contributed by atoms with E-state index in [0.29, 0.717) is 29.0 Å². The number of rotatable bonds is 6. The van der Waals surface area contributed by atoms with Gasteiger partial charge in [0.2, 0.25) is 5.91 Å². The Morgan fingerprint density at radius 3 is 2.77 bits per heavy atom. The molecule has 2 aliphatic rings. The van der Waals surface area contributed by atoms with Gasteiger partial charge in [0.05, 0.1) is 19.9 Å². The van der Waals surface area contributed by atoms with E-state index in [1.54, 1.807) is 14.2 Å². The van der Waals surface area contributed by atoms with Crippen molar-refractivity contribution in [2.45, 2.75) is 32.1 Å². The number of fused-ring (bicyclic) bond motifs is 2. The minimum atomic E-state index is 0.0933. The molecule has 3 atom stereocenters. The first-order chi connectivity index (χ1) is 12.7. The van der Waals surface area contributed by atoms with Crippen LogP contribution in [-0.2, 0) is 4.79 Å². The number of benzene rings is 1. The molecule has 2 saturated carbocycles. The predicted octanol–water partition coefficient (Wildman–Crippen LogP) is 4.59. The zero-order valence-corrected chi connectivity index (χ0v) is 16.0. The van der Waals surface area contributed by atoms with Crippen LogP contribution in [0.3, 0.4) is 0 Å². The fourth-order valence-corrected chi connectivity index (χ4v) is 5.23. The van der Waals surface area contributed by atoms with Crippen LogP contribution in [0.2, 0.25) is 0 Å². The van der Waals surface area contributed by atoms with E-state index < -0.39 is 0 Å². The molecule has 138 valence electrons. The van der Waals surface area contributed by atoms with Gasteiger partial charge >= 0.3 is 0 Å². The van der Waals surface area contributed by atoms with Crippen molar-refractivity contribution in [1.82, 2.24) is 4.98 Å². The maximum absolute atomic E-state index is 12.4. The summed E-state index contributed by atoms with van der Waals surface area (Å²) in [5.74, 6) is 3.65. The molecule has 1 aromatic heterocycles. The number of thiazole rings is 1. The van der Waals surface area contributed by atoms with E-state index in [0.717, 1.165) is 23.1 Å². The lowest BCUT2D eigenvalue weighted by molar-refractivity contribution is -0.117. The Bertz CT molecular complexity index is 804. The van der Waals surface area contributed by atoms with Crippen LogP contribution < -0.4 is 14.8 Å². The number of amides is 1. The second-order valence-electron chi connectivity index (χ2n) is 7.29. The number of aromatic nitrogens is 1. The average Bonchev–Trinajstić information content (AvgIpc) is 3.38. The van der Waals surface area contributed by atoms with E-state index in [2.05, 4.69) is 10.3 Å². The number of anilines is 1. The lowest BCUT2D eigenvalue weighted by Crippen LogP contribution is -2.20. The highest BCUT2D eigenvalue weighted by Gasteiger charge is 2.40. The number of hydrogen-bond acceptors (Lipinski definition) is 5. The second-order valence-corrected chi connectivity index (χ2v) is 8.15. The molecule has 1 amide bonds. The molecule has 2 bridgehead atoms. The fraction of sp³-hybridized carbons (Fsp3) is 0.500. The molecule has 2 fully saturated rings. The number of hydrogen-bond donors (Lipinski definition) is 1. The third-order valence-corrected chi connectivity index (χ3v) is 6.52. The van der Waals surface area contributed by atoms with Gasteiger partial charge in [-0.1, -0.05) is 6.42 Å². The molecule has 0 saturated heterocycles. The SMILES string of the molecule is COc1ccc(-c2csc(NC(=O)CC3CC4CCC3C4)n2)cc1OC. The fourth-order valence-electron chi connectivity index (χ4n) is 4.49. The zero-order chi connectivity index (χ0) is 18.1. The van der Waals surface area contributed by atoms with Gasteiger partial charge < -0.3 is 14.8 Å². The maximum Gasteiger partial charge on any atom is 0.226 e. The molecule has 6 heteroatoms. The minimum absolute atomic E-state index is 0.0933. The molecular weight excluding hydrogens is 348 g/mol. The van der Waals surface area contributed by atoms with Crippen LogP contribution in [0.15, 0.2) is 23.6 Å². The Balaban J connectivity index is 1.40. The average molecular weight is 372 g/mol. The molecule has 2 aliphatic carbocycles. The first-order valence-corrected chi connectivity index (χ1v) is 10.0. The van der Waals surface area contributed by atoms with Gasteiger partial charge in [-0.3, -0.25) is 4.79 Å². The molecule has 1 heterocycles. The number of ether oxygens (including phenoxy) is 2. The molecule has 1 N–H and O–H groups in total. The minimum Gasteiger partial charge on any atom is -0.493 e. The zero-order valence-electron chi connectivity index (χ0n) is 15.2. The van der Waals surface area contributed by atoms with Crippen molar-refractivity contribution < 1.29 is 14.3 Å². The lowest BCUT2D eigenvalue weighted by atomic mass is 9.86. The number of carbonyl (C=O) groups is 1. The summed E-state index contributed by atoms with van der Waals surface area (Å²) >= 11 is 1.45. The smallest absolute Gasteiger partial charge is 0.226 e. The summed E-state index contributed by atoms with van der Waals surface area (Å²) in [6.45, 7) is 0. The summed E-state index contributed by atoms with van der Waals surface area (Å²) in [4.78, 5) is 17.0. The highest BCUT2D eigenvalue weighted by molar-refractivity contribution is 7.14. The Morgan fingerprint density at radius 1 is 1.23 bits per heavy atom. The van der Waals surface area contributed by atoms with Crippen LogP contribution >= 0.6 is 11.3 Å². The van der Waals surface area contributed by atoms with Crippen molar-refractivity contribution >= 4 is 22.4 Å². The summed E-state index contributed by atoms with van der Waals surface area (Å²) in [6.07, 6.45) is 5.87. The molecule has 0 radical (unpaired) electrons. The monoisotopic (exact) mass is 372 g/mol. The van der Waals surface area contributed by atoms with E-state index in [1.807, 2.05) is 23.6 Å². The molecular formula is C20H24N2O3S. The highest BCUT2D eigenvalue weighted by atomic mass is 32.1. The Labute approximate surface area is 157 Å². The summed E-state index contributed by atoms with van der Waals surface area (Å²) in [5.41, 5.74) is 1.76. The van der Waals surface area contributed by atoms with Gasteiger partial charge in [0, 0.05) is 17.4 Å². The lowest BCUT2D eigenvalue weighted by Gasteiger charge is -2.20. The summed E-state index contributed by atoms with van der Waals surface area (Å²) in [5, 5.41) is 5.59. The molecule has 4 rings (SSSR count). The predicted molar refractivity (Wildman–Crippen MR) is 103 cm³/mol. The maximum atomic E-state index is 12.4. The van der Waals surface area contributed by atoms with E-state index in [4.69, 9.17) is 9.47 Å². The van der Waals surface area contributed by atoms with Crippen molar-refractivity contribution in [1.29, 1.82) is 0 Å². The molecule has 0 spiro atoms. The molecule has 26 heavy (non-hydrogen) atoms. The topological polar surface area (TPSA) is 60.5 Å². The van der Waals surface area contributed by atoms with Crippen molar-refractivity contribution in [3.63, 3.8) is 0 Å². The normalized spacial score (nSPS) is 23.8. The quantitative estimate of drug-likeness (QED) is 0.805. The Kier molecular flexibility index (Phi) is 4.85. The number of methoxy groups -OCH3 is 2. The first kappa shape index (κ1) is 17.3. The van der Waals surface area contributed by atoms with Crippen LogP contribution in [0, 0.1) is 17.8 Å². The molecule has 3 unspecified atom stereocenters. The molecule has 0 aliphatic heterocycles. The van der Waals surface area contributed by atoms with Crippen molar-refractivity contribution in [2.24, 2.45) is 17.8 Å². The first-order valence-electron chi connectivity index (χ1n) is 9.14. The third kappa shape index (κ3) is 3.43. The van der Waals surface area contributed by atoms with Gasteiger partial charge in [0.15, 0.2) is 16.6 Å². The van der Waals surface area contributed by atoms with Crippen LogP contribution in [-0.4, -0.2) is 25.1 Å². The molecule has 5 nitrogen and oxygen atoms in total. The van der Waals surface area contributed by atoms with Gasteiger partial charge in [-0.25, -0.2) is 4.98 Å². The van der Waals surface area contributed by atoms with Gasteiger partial charge in [0.25, 0.3) is 0 Å². The van der Waals surface area contributed by atoms with Crippen LogP contribution in [0.5, 0.6) is 11.5 Å². The van der Waals surface area contributed by atoms with Crippen LogP contribution in [0.4, 0.5) is 5.13 Å². The van der Waals surface area contributed by atoms with Crippen molar-refractivity contribution in [2.75, 3.05) is 19.5 Å². The summed E-state index contributed by atoms with van der Waals surface area (Å²) in [6, 6.07) is 5.70. The standard InChI is InChI=1S/C20H24N2O3S/c1-24-17-6-5-14(9-18(17)25-2)16-11-26-20(21-16)22-19(23)10-15-8-12-3-4-13(15)7-12/h5-6,9,11-13,15H,3-4,7-8,10H2,1-2H3,(H,21,22,23). The number of nitrogens with one attached hydrogen (secondary N) is 1. The van der Waals surface area contributed by atoms with E-state index in [9.17, 15) is 4.79 Å². The number of carbonyl (C=O) groups excluding carboxylic acids is 1. The van der Waals surface area contributed by atoms with Gasteiger partial charge in [-0.15, -0.1) is 11.3 Å². The van der Waals surface area contributed by atoms with E-state index in [1.165, 1.54) is 37.0 Å². The van der Waals surface area contributed by atoms with Gasteiger partial charge in [0.1, 0.15) is 0 Å². The largest absolute Gasteiger partial charge is 0.493 e. The van der Waals surface area contributed by atoms with Crippen molar-refractivity contribution in [3.8, 4) is 22.8 Å². The van der Waals surface area contributed by atoms with E-state index >= 15 is 0 Å². The molecule has 1 aromatic carbocycles. The van der Waals surface area contributed by atoms with Crippen molar-refractivity contribution in [3.05, 3.63) is 23.6 Å². The van der Waals surface area contributed by atoms with Crippen LogP contribution in [0.25, 0.3) is 11.3 Å². The number of nitrogens with zero attached hydrogens (tertiary/aromatic N) is 1. The van der Waals surface area contributed by atoms with Crippen LogP contribution in [0.1, 0.15) is 32.1 Å². The highest BCUT2D eigenvalue weighted by Crippen LogP contribution is 2.49. The molecule has 2 aromatic rings. The summed E-state index contributed by atoms with van der Waals surface area (Å²) in [7, 11) is 3.23. The Morgan fingerprint density at radius 2 is 2.08 bits per heavy atom. The third-order valence-electron chi connectivity index (χ3n) is 5.76.